The number of hydrogen-bond donors (Lipinski definition) is 1. The third kappa shape index (κ3) is 1.79. The smallest absolute Gasteiger partial charge is 0.138 e. The van der Waals surface area contributed by atoms with E-state index in [4.69, 9.17) is 10.3 Å². The van der Waals surface area contributed by atoms with Crippen molar-refractivity contribution in [2.75, 3.05) is 0 Å². The zero-order valence-corrected chi connectivity index (χ0v) is 11.5. The fourth-order valence-electron chi connectivity index (χ4n) is 4.12. The minimum Gasteiger partial charge on any atom is -0.361 e. The van der Waals surface area contributed by atoms with E-state index in [0.29, 0.717) is 24.2 Å². The van der Waals surface area contributed by atoms with Crippen molar-refractivity contribution in [3.8, 4) is 0 Å². The number of piperidine rings is 1. The lowest BCUT2D eigenvalue weighted by Gasteiger charge is -2.41. The van der Waals surface area contributed by atoms with Crippen molar-refractivity contribution in [3.63, 3.8) is 0 Å². The molecule has 1 aromatic rings. The highest BCUT2D eigenvalue weighted by Gasteiger charge is 2.43. The predicted molar refractivity (Wildman–Crippen MR) is 70.3 cm³/mol. The van der Waals surface area contributed by atoms with Crippen LogP contribution >= 0.6 is 0 Å². The van der Waals surface area contributed by atoms with E-state index in [0.717, 1.165) is 24.3 Å². The lowest BCUT2D eigenvalue weighted by atomic mass is 9.94. The normalized spacial score (nSPS) is 33.9. The van der Waals surface area contributed by atoms with Crippen molar-refractivity contribution in [2.45, 2.75) is 70.6 Å². The Hall–Kier alpha value is -0.870. The minimum absolute atomic E-state index is 0.399. The molecule has 1 aromatic heterocycles. The summed E-state index contributed by atoms with van der Waals surface area (Å²) >= 11 is 0. The summed E-state index contributed by atoms with van der Waals surface area (Å²) in [4.78, 5) is 2.66. The third-order valence-corrected chi connectivity index (χ3v) is 4.78. The van der Waals surface area contributed by atoms with E-state index in [1.165, 1.54) is 18.4 Å². The van der Waals surface area contributed by atoms with Gasteiger partial charge in [0.2, 0.25) is 0 Å². The van der Waals surface area contributed by atoms with Crippen molar-refractivity contribution in [1.82, 2.24) is 10.1 Å². The molecule has 2 aliphatic rings. The van der Waals surface area contributed by atoms with Gasteiger partial charge in [-0.05, 0) is 46.5 Å². The van der Waals surface area contributed by atoms with Crippen LogP contribution in [0.3, 0.4) is 0 Å². The van der Waals surface area contributed by atoms with Gasteiger partial charge in [0.1, 0.15) is 5.76 Å². The number of nitrogens with zero attached hydrogens (tertiary/aromatic N) is 2. The molecule has 3 atom stereocenters. The second kappa shape index (κ2) is 4.35. The van der Waals surface area contributed by atoms with Crippen LogP contribution in [0.1, 0.15) is 55.7 Å². The SMILES string of the molecule is Cc1noc(C)c1C(C)N1C2CCC1CC(N)C2. The Morgan fingerprint density at radius 1 is 1.28 bits per heavy atom. The quantitative estimate of drug-likeness (QED) is 0.874. The molecule has 3 rings (SSSR count). The first-order chi connectivity index (χ1) is 8.58. The van der Waals surface area contributed by atoms with Gasteiger partial charge in [-0.15, -0.1) is 0 Å². The van der Waals surface area contributed by atoms with Crippen molar-refractivity contribution < 1.29 is 4.52 Å². The Morgan fingerprint density at radius 2 is 1.89 bits per heavy atom. The molecule has 0 spiro atoms. The van der Waals surface area contributed by atoms with E-state index in [1.54, 1.807) is 0 Å². The van der Waals surface area contributed by atoms with Gasteiger partial charge in [0.15, 0.2) is 0 Å². The molecule has 3 heterocycles. The Balaban J connectivity index is 1.88. The molecule has 0 aliphatic carbocycles. The number of fused-ring (bicyclic) bond motifs is 2. The van der Waals surface area contributed by atoms with Gasteiger partial charge in [0.05, 0.1) is 5.69 Å². The number of aromatic nitrogens is 1. The van der Waals surface area contributed by atoms with Crippen molar-refractivity contribution in [3.05, 3.63) is 17.0 Å². The van der Waals surface area contributed by atoms with Gasteiger partial charge in [-0.25, -0.2) is 0 Å². The first kappa shape index (κ1) is 12.2. The van der Waals surface area contributed by atoms with Gasteiger partial charge in [-0.3, -0.25) is 4.90 Å². The van der Waals surface area contributed by atoms with Gasteiger partial charge in [-0.2, -0.15) is 0 Å². The second-order valence-electron chi connectivity index (χ2n) is 5.98. The summed E-state index contributed by atoms with van der Waals surface area (Å²) in [5.41, 5.74) is 8.46. The molecule has 2 fully saturated rings. The van der Waals surface area contributed by atoms with E-state index in [9.17, 15) is 0 Å². The summed E-state index contributed by atoms with van der Waals surface area (Å²) in [5.74, 6) is 0.967. The molecule has 4 heteroatoms. The molecule has 4 nitrogen and oxygen atoms in total. The Morgan fingerprint density at radius 3 is 2.39 bits per heavy atom. The molecule has 2 N–H and O–H groups in total. The summed E-state index contributed by atoms with van der Waals surface area (Å²) in [6.45, 7) is 6.35. The molecular formula is C14H23N3O. The highest BCUT2D eigenvalue weighted by Crippen LogP contribution is 2.42. The van der Waals surface area contributed by atoms with E-state index in [1.807, 2.05) is 13.8 Å². The lowest BCUT2D eigenvalue weighted by Crippen LogP contribution is -2.48. The van der Waals surface area contributed by atoms with Crippen LogP contribution in [-0.4, -0.2) is 28.2 Å². The van der Waals surface area contributed by atoms with E-state index < -0.39 is 0 Å². The van der Waals surface area contributed by atoms with Crippen LogP contribution in [0.15, 0.2) is 4.52 Å². The van der Waals surface area contributed by atoms with Gasteiger partial charge < -0.3 is 10.3 Å². The standard InChI is InChI=1S/C14H23N3O/c1-8-14(10(3)18-16-8)9(2)17-12-4-5-13(17)7-11(15)6-12/h9,11-13H,4-7,15H2,1-3H3. The van der Waals surface area contributed by atoms with Crippen molar-refractivity contribution >= 4 is 0 Å². The average Bonchev–Trinajstić information content (AvgIpc) is 2.77. The fraction of sp³-hybridized carbons (Fsp3) is 0.786. The first-order valence-electron chi connectivity index (χ1n) is 7.03. The molecule has 2 saturated heterocycles. The summed E-state index contributed by atoms with van der Waals surface area (Å²) in [6, 6.07) is 2.11. The van der Waals surface area contributed by atoms with Crippen molar-refractivity contribution in [2.24, 2.45) is 5.73 Å². The third-order valence-electron chi connectivity index (χ3n) is 4.78. The van der Waals surface area contributed by atoms with E-state index in [-0.39, 0.29) is 0 Å². The molecular weight excluding hydrogens is 226 g/mol. The topological polar surface area (TPSA) is 55.3 Å². The minimum atomic E-state index is 0.399. The summed E-state index contributed by atoms with van der Waals surface area (Å²) in [7, 11) is 0. The van der Waals surface area contributed by atoms with E-state index >= 15 is 0 Å². The number of aryl methyl sites for hydroxylation is 2. The second-order valence-corrected chi connectivity index (χ2v) is 5.98. The molecule has 0 aromatic carbocycles. The van der Waals surface area contributed by atoms with Gasteiger partial charge in [0, 0.05) is 29.7 Å². The predicted octanol–water partition coefficient (Wildman–Crippen LogP) is 2.31. The zero-order valence-electron chi connectivity index (χ0n) is 11.5. The maximum Gasteiger partial charge on any atom is 0.138 e. The largest absolute Gasteiger partial charge is 0.361 e. The number of hydrogen-bond acceptors (Lipinski definition) is 4. The monoisotopic (exact) mass is 249 g/mol. The highest BCUT2D eigenvalue weighted by molar-refractivity contribution is 5.25. The van der Waals surface area contributed by atoms with Crippen LogP contribution in [0, 0.1) is 13.8 Å². The summed E-state index contributed by atoms with van der Waals surface area (Å²) in [5, 5.41) is 4.09. The van der Waals surface area contributed by atoms with Gasteiger partial charge in [0.25, 0.3) is 0 Å². The molecule has 100 valence electrons. The van der Waals surface area contributed by atoms with Gasteiger partial charge >= 0.3 is 0 Å². The summed E-state index contributed by atoms with van der Waals surface area (Å²) < 4.78 is 5.32. The zero-order chi connectivity index (χ0) is 12.9. The first-order valence-corrected chi connectivity index (χ1v) is 7.03. The molecule has 0 saturated carbocycles. The Bertz CT molecular complexity index is 409. The number of rotatable bonds is 2. The van der Waals surface area contributed by atoms with Crippen LogP contribution in [0.25, 0.3) is 0 Å². The highest BCUT2D eigenvalue weighted by atomic mass is 16.5. The van der Waals surface area contributed by atoms with Gasteiger partial charge in [-0.1, -0.05) is 5.16 Å². The van der Waals surface area contributed by atoms with E-state index in [2.05, 4.69) is 17.0 Å². The molecule has 2 aliphatic heterocycles. The summed E-state index contributed by atoms with van der Waals surface area (Å²) in [6.07, 6.45) is 4.88. The lowest BCUT2D eigenvalue weighted by molar-refractivity contribution is 0.0845. The Kier molecular flexibility index (Phi) is 2.94. The molecule has 18 heavy (non-hydrogen) atoms. The molecule has 3 unspecified atom stereocenters. The average molecular weight is 249 g/mol. The van der Waals surface area contributed by atoms with Crippen LogP contribution < -0.4 is 5.73 Å². The molecule has 2 bridgehead atoms. The Labute approximate surface area is 108 Å². The fourth-order valence-corrected chi connectivity index (χ4v) is 4.12. The van der Waals surface area contributed by atoms with Crippen LogP contribution in [0.2, 0.25) is 0 Å². The maximum absolute atomic E-state index is 6.14. The molecule has 0 amide bonds. The van der Waals surface area contributed by atoms with Crippen LogP contribution in [-0.2, 0) is 0 Å². The molecule has 0 radical (unpaired) electrons. The van der Waals surface area contributed by atoms with Crippen LogP contribution in [0.5, 0.6) is 0 Å². The number of nitrogens with two attached hydrogens (primary N) is 1. The van der Waals surface area contributed by atoms with Crippen LogP contribution in [0.4, 0.5) is 0 Å². The maximum atomic E-state index is 6.14. The van der Waals surface area contributed by atoms with Crippen molar-refractivity contribution in [1.29, 1.82) is 0 Å².